The van der Waals surface area contributed by atoms with Gasteiger partial charge in [0, 0.05) is 0 Å². The molecule has 0 aliphatic carbocycles. The summed E-state index contributed by atoms with van der Waals surface area (Å²) in [5, 5.41) is 11.7. The third-order valence-corrected chi connectivity index (χ3v) is 3.23. The summed E-state index contributed by atoms with van der Waals surface area (Å²) in [4.78, 5) is 11.9. The number of benzene rings is 1. The fourth-order valence-corrected chi connectivity index (χ4v) is 2.00. The van der Waals surface area contributed by atoms with E-state index in [0.717, 1.165) is 5.75 Å². The van der Waals surface area contributed by atoms with Gasteiger partial charge >= 0.3 is 0 Å². The highest BCUT2D eigenvalue weighted by molar-refractivity contribution is 7.98. The first kappa shape index (κ1) is 15.3. The Bertz CT molecular complexity index is 485. The van der Waals surface area contributed by atoms with Crippen molar-refractivity contribution in [3.63, 3.8) is 0 Å². The van der Waals surface area contributed by atoms with Crippen LogP contribution in [-0.2, 0) is 4.79 Å². The van der Waals surface area contributed by atoms with Crippen molar-refractivity contribution in [3.05, 3.63) is 23.8 Å². The van der Waals surface area contributed by atoms with Gasteiger partial charge in [-0.15, -0.1) is 0 Å². The number of hydrogen-bond donors (Lipinski definition) is 2. The lowest BCUT2D eigenvalue weighted by Gasteiger charge is -2.15. The molecule has 6 heteroatoms. The van der Waals surface area contributed by atoms with Crippen molar-refractivity contribution >= 4 is 23.4 Å². The molecule has 0 unspecified atom stereocenters. The van der Waals surface area contributed by atoms with Gasteiger partial charge in [-0.3, -0.25) is 4.79 Å². The molecule has 0 radical (unpaired) electrons. The number of nitriles is 1. The zero-order valence-corrected chi connectivity index (χ0v) is 11.8. The van der Waals surface area contributed by atoms with E-state index in [1.54, 1.807) is 30.0 Å². The molecule has 0 spiro atoms. The molecule has 5 nitrogen and oxygen atoms in total. The number of methoxy groups -OCH3 is 1. The third-order valence-electron chi connectivity index (χ3n) is 2.58. The second kappa shape index (κ2) is 7.67. The summed E-state index contributed by atoms with van der Waals surface area (Å²) >= 11 is 1.63. The minimum Gasteiger partial charge on any atom is -0.495 e. The molecule has 0 fully saturated rings. The quantitative estimate of drug-likeness (QED) is 0.825. The molecule has 1 amide bonds. The zero-order valence-electron chi connectivity index (χ0n) is 11.0. The summed E-state index contributed by atoms with van der Waals surface area (Å²) in [7, 11) is 1.49. The van der Waals surface area contributed by atoms with Crippen LogP contribution in [0, 0.1) is 11.3 Å². The van der Waals surface area contributed by atoms with E-state index in [2.05, 4.69) is 5.32 Å². The molecule has 0 aromatic heterocycles. The highest BCUT2D eigenvalue weighted by Crippen LogP contribution is 2.27. The van der Waals surface area contributed by atoms with Gasteiger partial charge in [-0.1, -0.05) is 6.07 Å². The molecule has 0 aliphatic heterocycles. The van der Waals surface area contributed by atoms with E-state index in [9.17, 15) is 4.79 Å². The number of nitrogens with zero attached hydrogens (tertiary/aromatic N) is 1. The zero-order chi connectivity index (χ0) is 14.3. The standard InChI is InChI=1S/C13H17N3O2S/c1-18-11-5-3-4-9(8-14)12(11)16-13(17)10(15)6-7-19-2/h3-5,10H,6-7,15H2,1-2H3,(H,16,17)/t10-/m0/s1. The van der Waals surface area contributed by atoms with Gasteiger partial charge in [0.15, 0.2) is 0 Å². The maximum Gasteiger partial charge on any atom is 0.241 e. The number of thioether (sulfide) groups is 1. The molecule has 3 N–H and O–H groups in total. The maximum absolute atomic E-state index is 11.9. The van der Waals surface area contributed by atoms with E-state index in [0.29, 0.717) is 23.4 Å². The van der Waals surface area contributed by atoms with Crippen molar-refractivity contribution in [2.75, 3.05) is 24.4 Å². The topological polar surface area (TPSA) is 88.1 Å². The van der Waals surface area contributed by atoms with Crippen molar-refractivity contribution in [2.45, 2.75) is 12.5 Å². The predicted octanol–water partition coefficient (Wildman–Crippen LogP) is 1.59. The molecule has 0 heterocycles. The average molecular weight is 279 g/mol. The van der Waals surface area contributed by atoms with Gasteiger partial charge < -0.3 is 15.8 Å². The molecule has 0 saturated heterocycles. The van der Waals surface area contributed by atoms with Gasteiger partial charge in [-0.05, 0) is 30.6 Å². The number of nitrogens with two attached hydrogens (primary N) is 1. The van der Waals surface area contributed by atoms with Crippen LogP contribution < -0.4 is 15.8 Å². The van der Waals surface area contributed by atoms with Crippen LogP contribution in [0.2, 0.25) is 0 Å². The number of nitrogens with one attached hydrogen (secondary N) is 1. The summed E-state index contributed by atoms with van der Waals surface area (Å²) in [5.41, 5.74) is 6.51. The molecule has 102 valence electrons. The predicted molar refractivity (Wildman–Crippen MR) is 77.3 cm³/mol. The molecule has 0 bridgehead atoms. The Morgan fingerprint density at radius 3 is 2.95 bits per heavy atom. The van der Waals surface area contributed by atoms with Gasteiger partial charge in [-0.25, -0.2) is 0 Å². The summed E-state index contributed by atoms with van der Waals surface area (Å²) < 4.78 is 5.14. The Balaban J connectivity index is 2.87. The van der Waals surface area contributed by atoms with E-state index >= 15 is 0 Å². The van der Waals surface area contributed by atoms with Crippen LogP contribution in [0.1, 0.15) is 12.0 Å². The van der Waals surface area contributed by atoms with Gasteiger partial charge in [0.2, 0.25) is 5.91 Å². The molecule has 1 aromatic carbocycles. The minimum atomic E-state index is -0.594. The molecule has 1 aromatic rings. The smallest absolute Gasteiger partial charge is 0.241 e. The second-order valence-electron chi connectivity index (χ2n) is 3.87. The lowest BCUT2D eigenvalue weighted by molar-refractivity contribution is -0.117. The van der Waals surface area contributed by atoms with E-state index < -0.39 is 6.04 Å². The molecular weight excluding hydrogens is 262 g/mol. The van der Waals surface area contributed by atoms with Crippen molar-refractivity contribution < 1.29 is 9.53 Å². The summed E-state index contributed by atoms with van der Waals surface area (Å²) in [6.07, 6.45) is 2.54. The fourth-order valence-electron chi connectivity index (χ4n) is 1.52. The third kappa shape index (κ3) is 4.16. The largest absolute Gasteiger partial charge is 0.495 e. The van der Waals surface area contributed by atoms with Crippen LogP contribution in [0.4, 0.5) is 5.69 Å². The number of anilines is 1. The molecular formula is C13H17N3O2S. The fraction of sp³-hybridized carbons (Fsp3) is 0.385. The maximum atomic E-state index is 11.9. The van der Waals surface area contributed by atoms with Crippen molar-refractivity contribution in [3.8, 4) is 11.8 Å². The van der Waals surface area contributed by atoms with E-state index in [1.165, 1.54) is 7.11 Å². The molecule has 1 rings (SSSR count). The Labute approximate surface area is 117 Å². The van der Waals surface area contributed by atoms with E-state index in [1.807, 2.05) is 12.3 Å². The van der Waals surface area contributed by atoms with Crippen LogP contribution >= 0.6 is 11.8 Å². The van der Waals surface area contributed by atoms with Gasteiger partial charge in [0.1, 0.15) is 17.5 Å². The lowest BCUT2D eigenvalue weighted by atomic mass is 10.1. The molecule has 19 heavy (non-hydrogen) atoms. The van der Waals surface area contributed by atoms with Gasteiger partial charge in [0.25, 0.3) is 0 Å². The number of carbonyl (C=O) groups is 1. The summed E-state index contributed by atoms with van der Waals surface area (Å²) in [6.45, 7) is 0. The number of carbonyl (C=O) groups excluding carboxylic acids is 1. The van der Waals surface area contributed by atoms with Crippen molar-refractivity contribution in [1.29, 1.82) is 5.26 Å². The Kier molecular flexibility index (Phi) is 6.19. The van der Waals surface area contributed by atoms with E-state index in [-0.39, 0.29) is 5.91 Å². The molecule has 0 aliphatic rings. The number of para-hydroxylation sites is 1. The molecule has 0 saturated carbocycles. The first-order valence-electron chi connectivity index (χ1n) is 5.76. The van der Waals surface area contributed by atoms with Crippen LogP contribution in [-0.4, -0.2) is 31.1 Å². The van der Waals surface area contributed by atoms with Gasteiger partial charge in [-0.2, -0.15) is 17.0 Å². The van der Waals surface area contributed by atoms with Crippen molar-refractivity contribution in [2.24, 2.45) is 5.73 Å². The summed E-state index contributed by atoms with van der Waals surface area (Å²) in [6, 6.07) is 6.42. The SMILES string of the molecule is COc1cccc(C#N)c1NC(=O)[C@@H](N)CCSC. The number of ether oxygens (including phenoxy) is 1. The van der Waals surface area contributed by atoms with E-state index in [4.69, 9.17) is 15.7 Å². The normalized spacial score (nSPS) is 11.5. The Morgan fingerprint density at radius 2 is 2.37 bits per heavy atom. The highest BCUT2D eigenvalue weighted by atomic mass is 32.2. The first-order chi connectivity index (χ1) is 9.13. The highest BCUT2D eigenvalue weighted by Gasteiger charge is 2.17. The minimum absolute atomic E-state index is 0.310. The molecule has 1 atom stereocenters. The second-order valence-corrected chi connectivity index (χ2v) is 4.86. The van der Waals surface area contributed by atoms with Crippen LogP contribution in [0.5, 0.6) is 5.75 Å². The van der Waals surface area contributed by atoms with Crippen LogP contribution in [0.3, 0.4) is 0 Å². The number of rotatable bonds is 6. The Morgan fingerprint density at radius 1 is 1.63 bits per heavy atom. The summed E-state index contributed by atoms with van der Waals surface area (Å²) in [5.74, 6) is 0.950. The van der Waals surface area contributed by atoms with Gasteiger partial charge in [0.05, 0.1) is 18.7 Å². The van der Waals surface area contributed by atoms with Crippen LogP contribution in [0.15, 0.2) is 18.2 Å². The average Bonchev–Trinajstić information content (AvgIpc) is 2.44. The monoisotopic (exact) mass is 279 g/mol. The number of hydrogen-bond acceptors (Lipinski definition) is 5. The van der Waals surface area contributed by atoms with Crippen LogP contribution in [0.25, 0.3) is 0 Å². The number of amides is 1. The van der Waals surface area contributed by atoms with Crippen molar-refractivity contribution in [1.82, 2.24) is 0 Å². The Hall–Kier alpha value is -1.71. The first-order valence-corrected chi connectivity index (χ1v) is 7.16. The lowest BCUT2D eigenvalue weighted by Crippen LogP contribution is -2.36.